The molecule has 0 aromatic heterocycles. The lowest BCUT2D eigenvalue weighted by molar-refractivity contribution is 0.0696. The molecule has 0 radical (unpaired) electrons. The lowest BCUT2D eigenvalue weighted by Crippen LogP contribution is -2.27. The van der Waals surface area contributed by atoms with E-state index in [1.165, 1.54) is 19.2 Å². The number of hydrogen-bond donors (Lipinski definition) is 3. The zero-order valence-electron chi connectivity index (χ0n) is 14.1. The van der Waals surface area contributed by atoms with Crippen LogP contribution in [-0.4, -0.2) is 39.8 Å². The quantitative estimate of drug-likeness (QED) is 0.582. The molecule has 0 saturated carbocycles. The van der Waals surface area contributed by atoms with E-state index in [4.69, 9.17) is 10.5 Å². The number of halogens is 1. The Morgan fingerprint density at radius 1 is 1.19 bits per heavy atom. The molecular weight excluding hydrogens is 380 g/mol. The average Bonchev–Trinajstić information content (AvgIpc) is 2.61. The number of carboxylic acids is 1. The molecule has 0 aliphatic heterocycles. The second-order valence-electron chi connectivity index (χ2n) is 5.35. The van der Waals surface area contributed by atoms with Gasteiger partial charge in [-0.1, -0.05) is 18.2 Å². The Hall–Kier alpha value is -1.97. The van der Waals surface area contributed by atoms with Gasteiger partial charge >= 0.3 is 5.97 Å². The molecule has 0 aliphatic carbocycles. The fraction of sp³-hybridized carbons (Fsp3) is 0.235. The molecule has 7 nitrogen and oxygen atoms in total. The van der Waals surface area contributed by atoms with E-state index in [1.54, 1.807) is 18.2 Å². The zero-order chi connectivity index (χ0) is 18.4. The monoisotopic (exact) mass is 400 g/mol. The van der Waals surface area contributed by atoms with Crippen molar-refractivity contribution < 1.29 is 23.1 Å². The van der Waals surface area contributed by atoms with E-state index in [1.807, 2.05) is 6.07 Å². The Morgan fingerprint density at radius 3 is 2.54 bits per heavy atom. The molecule has 142 valence electrons. The highest BCUT2D eigenvalue weighted by atomic mass is 35.5. The zero-order valence-corrected chi connectivity index (χ0v) is 15.8. The van der Waals surface area contributed by atoms with E-state index in [0.717, 1.165) is 11.6 Å². The average molecular weight is 401 g/mol. The van der Waals surface area contributed by atoms with Crippen molar-refractivity contribution >= 4 is 28.4 Å². The molecule has 9 heteroatoms. The van der Waals surface area contributed by atoms with Gasteiger partial charge in [0, 0.05) is 20.2 Å². The molecule has 0 bridgehead atoms. The van der Waals surface area contributed by atoms with Crippen LogP contribution in [0.3, 0.4) is 0 Å². The van der Waals surface area contributed by atoms with Crippen LogP contribution in [0, 0.1) is 0 Å². The Bertz CT molecular complexity index is 871. The Balaban J connectivity index is 0.00000338. The Morgan fingerprint density at radius 2 is 1.92 bits per heavy atom. The minimum Gasteiger partial charge on any atom is -0.478 e. The molecule has 26 heavy (non-hydrogen) atoms. The SMILES string of the molecule is COCCNS(=O)(=O)c1cc(C(=O)O)cc(-c2cccc(CN)c2)c1.Cl. The lowest BCUT2D eigenvalue weighted by atomic mass is 10.0. The normalized spacial score (nSPS) is 11.0. The number of aromatic carboxylic acids is 1. The summed E-state index contributed by atoms with van der Waals surface area (Å²) >= 11 is 0. The molecule has 0 unspecified atom stereocenters. The first kappa shape index (κ1) is 22.1. The third-order valence-corrected chi connectivity index (χ3v) is 5.00. The predicted octanol–water partition coefficient (Wildman–Crippen LogP) is 1.86. The summed E-state index contributed by atoms with van der Waals surface area (Å²) in [4.78, 5) is 11.3. The van der Waals surface area contributed by atoms with Crippen LogP contribution >= 0.6 is 12.4 Å². The van der Waals surface area contributed by atoms with Gasteiger partial charge in [-0.25, -0.2) is 17.9 Å². The topological polar surface area (TPSA) is 119 Å². The third kappa shape index (κ3) is 5.52. The van der Waals surface area contributed by atoms with Gasteiger partial charge in [0.25, 0.3) is 0 Å². The molecule has 0 atom stereocenters. The van der Waals surface area contributed by atoms with Crippen LogP contribution in [0.4, 0.5) is 0 Å². The van der Waals surface area contributed by atoms with E-state index in [0.29, 0.717) is 17.7 Å². The lowest BCUT2D eigenvalue weighted by Gasteiger charge is -2.11. The summed E-state index contributed by atoms with van der Waals surface area (Å²) in [6, 6.07) is 11.2. The van der Waals surface area contributed by atoms with Crippen LogP contribution in [-0.2, 0) is 21.3 Å². The molecule has 2 rings (SSSR count). The minimum absolute atomic E-state index is 0. The van der Waals surface area contributed by atoms with Crippen molar-refractivity contribution in [2.24, 2.45) is 5.73 Å². The van der Waals surface area contributed by atoms with E-state index in [9.17, 15) is 18.3 Å². The van der Waals surface area contributed by atoms with Crippen LogP contribution in [0.2, 0.25) is 0 Å². The second-order valence-corrected chi connectivity index (χ2v) is 7.11. The number of methoxy groups -OCH3 is 1. The van der Waals surface area contributed by atoms with Gasteiger partial charge in [-0.3, -0.25) is 0 Å². The largest absolute Gasteiger partial charge is 0.478 e. The summed E-state index contributed by atoms with van der Waals surface area (Å²) in [5.74, 6) is -1.20. The molecular formula is C17H21ClN2O5S. The van der Waals surface area contributed by atoms with Crippen LogP contribution in [0.25, 0.3) is 11.1 Å². The minimum atomic E-state index is -3.85. The Kier molecular flexibility index (Phi) is 8.19. The van der Waals surface area contributed by atoms with Crippen molar-refractivity contribution in [2.75, 3.05) is 20.3 Å². The molecule has 0 fully saturated rings. The summed E-state index contributed by atoms with van der Waals surface area (Å²) in [7, 11) is -2.39. The number of rotatable bonds is 8. The Labute approximate surface area is 158 Å². The number of benzene rings is 2. The number of hydrogen-bond acceptors (Lipinski definition) is 5. The van der Waals surface area contributed by atoms with Crippen LogP contribution in [0.1, 0.15) is 15.9 Å². The standard InChI is InChI=1S/C17H20N2O5S.ClH/c1-24-6-5-19-25(22,23)16-9-14(8-15(10-16)17(20)21)13-4-2-3-12(7-13)11-18;/h2-4,7-10,19H,5-6,11,18H2,1H3,(H,20,21);1H. The maximum Gasteiger partial charge on any atom is 0.335 e. The molecule has 0 spiro atoms. The molecule has 2 aromatic carbocycles. The van der Waals surface area contributed by atoms with E-state index in [-0.39, 0.29) is 36.0 Å². The highest BCUT2D eigenvalue weighted by Crippen LogP contribution is 2.25. The first-order valence-corrected chi connectivity index (χ1v) is 9.02. The molecule has 0 amide bonds. The summed E-state index contributed by atoms with van der Waals surface area (Å²) < 4.78 is 32.0. The van der Waals surface area contributed by atoms with E-state index < -0.39 is 16.0 Å². The van der Waals surface area contributed by atoms with Gasteiger partial charge in [0.15, 0.2) is 0 Å². The number of nitrogens with one attached hydrogen (secondary N) is 1. The predicted molar refractivity (Wildman–Crippen MR) is 101 cm³/mol. The molecule has 0 aliphatic rings. The second kappa shape index (κ2) is 9.65. The van der Waals surface area contributed by atoms with Gasteiger partial charge in [0.05, 0.1) is 17.1 Å². The summed E-state index contributed by atoms with van der Waals surface area (Å²) in [5, 5.41) is 9.31. The first-order chi connectivity index (χ1) is 11.9. The van der Waals surface area contributed by atoms with Crippen molar-refractivity contribution in [2.45, 2.75) is 11.4 Å². The van der Waals surface area contributed by atoms with Gasteiger partial charge in [-0.2, -0.15) is 0 Å². The van der Waals surface area contributed by atoms with Crippen molar-refractivity contribution in [1.29, 1.82) is 0 Å². The van der Waals surface area contributed by atoms with Crippen molar-refractivity contribution in [3.8, 4) is 11.1 Å². The van der Waals surface area contributed by atoms with Gasteiger partial charge in [-0.15, -0.1) is 12.4 Å². The van der Waals surface area contributed by atoms with Crippen LogP contribution in [0.15, 0.2) is 47.4 Å². The van der Waals surface area contributed by atoms with Crippen LogP contribution in [0.5, 0.6) is 0 Å². The van der Waals surface area contributed by atoms with Crippen molar-refractivity contribution in [1.82, 2.24) is 4.72 Å². The number of ether oxygens (including phenoxy) is 1. The molecule has 0 saturated heterocycles. The van der Waals surface area contributed by atoms with Crippen LogP contribution < -0.4 is 10.5 Å². The van der Waals surface area contributed by atoms with E-state index in [2.05, 4.69) is 4.72 Å². The van der Waals surface area contributed by atoms with Crippen molar-refractivity contribution in [3.63, 3.8) is 0 Å². The smallest absolute Gasteiger partial charge is 0.335 e. The fourth-order valence-corrected chi connectivity index (χ4v) is 3.37. The third-order valence-electron chi connectivity index (χ3n) is 3.56. The maximum atomic E-state index is 12.4. The fourth-order valence-electron chi connectivity index (χ4n) is 2.28. The number of nitrogens with two attached hydrogens (primary N) is 1. The molecule has 4 N–H and O–H groups in total. The molecule has 0 heterocycles. The van der Waals surface area contributed by atoms with Gasteiger partial charge in [0.2, 0.25) is 10.0 Å². The number of carboxylic acid groups (broad SMARTS) is 1. The van der Waals surface area contributed by atoms with Gasteiger partial charge < -0.3 is 15.6 Å². The highest BCUT2D eigenvalue weighted by molar-refractivity contribution is 7.89. The molecule has 2 aromatic rings. The number of carbonyl (C=O) groups is 1. The first-order valence-electron chi connectivity index (χ1n) is 7.54. The summed E-state index contributed by atoms with van der Waals surface area (Å²) in [6.07, 6.45) is 0. The number of sulfonamides is 1. The summed E-state index contributed by atoms with van der Waals surface area (Å²) in [6.45, 7) is 0.633. The highest BCUT2D eigenvalue weighted by Gasteiger charge is 2.18. The van der Waals surface area contributed by atoms with Gasteiger partial charge in [-0.05, 0) is 41.0 Å². The van der Waals surface area contributed by atoms with Gasteiger partial charge in [0.1, 0.15) is 0 Å². The van der Waals surface area contributed by atoms with E-state index >= 15 is 0 Å². The van der Waals surface area contributed by atoms with Crippen molar-refractivity contribution in [3.05, 3.63) is 53.6 Å². The summed E-state index contributed by atoms with van der Waals surface area (Å²) in [5.41, 5.74) is 7.57. The maximum absolute atomic E-state index is 12.4.